The zero-order chi connectivity index (χ0) is 21.4. The SMILES string of the molecule is O=C(O)CC(O)(CC(=O)O)C(=O)O.O=[N+]([O-])[O-].O=[N+]([O-])[O-].O=[N+]([O-])[O-].[Y+3]. The number of nitrogens with zero attached hydrogens (tertiary/aromatic N) is 3. The predicted octanol–water partition coefficient (Wildman–Crippen LogP) is -1.97. The minimum absolute atomic E-state index is 0. The van der Waals surface area contributed by atoms with Crippen LogP contribution >= 0.6 is 0 Å². The minimum Gasteiger partial charge on any atom is -0.481 e. The summed E-state index contributed by atoms with van der Waals surface area (Å²) in [5, 5.41) is 78.1. The van der Waals surface area contributed by atoms with E-state index in [1.807, 2.05) is 0 Å². The summed E-state index contributed by atoms with van der Waals surface area (Å²) in [5.41, 5.74) is -2.74. The van der Waals surface area contributed by atoms with Crippen LogP contribution < -0.4 is 0 Å². The van der Waals surface area contributed by atoms with E-state index in [1.165, 1.54) is 0 Å². The van der Waals surface area contributed by atoms with Crippen molar-refractivity contribution >= 4 is 17.9 Å². The molecule has 0 spiro atoms. The maximum absolute atomic E-state index is 10.3. The van der Waals surface area contributed by atoms with Crippen LogP contribution in [0.5, 0.6) is 0 Å². The van der Waals surface area contributed by atoms with E-state index < -0.39 is 51.6 Å². The van der Waals surface area contributed by atoms with Crippen LogP contribution in [0.4, 0.5) is 0 Å². The number of hydrogen-bond acceptors (Lipinski definition) is 13. The Morgan fingerprint density at radius 3 is 0.923 bits per heavy atom. The van der Waals surface area contributed by atoms with Gasteiger partial charge in [-0.3, -0.25) is 9.59 Å². The van der Waals surface area contributed by atoms with Crippen molar-refractivity contribution < 1.29 is 82.8 Å². The molecule has 0 heterocycles. The Morgan fingerprint density at radius 1 is 0.692 bits per heavy atom. The normalized spacial score (nSPS) is 8.19. The van der Waals surface area contributed by atoms with Crippen molar-refractivity contribution in [3.05, 3.63) is 46.0 Å². The van der Waals surface area contributed by atoms with Gasteiger partial charge < -0.3 is 66.4 Å². The fourth-order valence-electron chi connectivity index (χ4n) is 0.714. The molecular weight excluding hydrogens is 459 g/mol. The first-order valence-corrected chi connectivity index (χ1v) is 4.81. The standard InChI is InChI=1S/C6H8O7.3NO3.Y/c7-3(8)1-6(13,5(11)12)2-4(9)10;3*2-1(3)4;/h13H,1-2H2,(H,7,8)(H,9,10)(H,11,12);;;;/q;3*-1;+3. The van der Waals surface area contributed by atoms with Crippen LogP contribution in [-0.2, 0) is 47.1 Å². The number of rotatable bonds is 5. The van der Waals surface area contributed by atoms with Crippen LogP contribution in [0.3, 0.4) is 0 Å². The first-order chi connectivity index (χ1) is 11.0. The molecular formula is C6H8N3O16Y. The smallest absolute Gasteiger partial charge is 0.481 e. The average Bonchev–Trinajstić information content (AvgIpc) is 2.22. The monoisotopic (exact) mass is 467 g/mol. The molecule has 0 rings (SSSR count). The van der Waals surface area contributed by atoms with Crippen LogP contribution in [0, 0.1) is 46.0 Å². The molecule has 0 amide bonds. The first kappa shape index (κ1) is 34.4. The first-order valence-electron chi connectivity index (χ1n) is 4.81. The molecule has 0 bridgehead atoms. The Balaban J connectivity index is -0.0000000933. The summed E-state index contributed by atoms with van der Waals surface area (Å²) in [7, 11) is 0. The second kappa shape index (κ2) is 18.4. The molecule has 26 heavy (non-hydrogen) atoms. The van der Waals surface area contributed by atoms with Crippen molar-refractivity contribution in [1.29, 1.82) is 0 Å². The second-order valence-electron chi connectivity index (χ2n) is 3.15. The Kier molecular flexibility index (Phi) is 24.4. The molecule has 4 N–H and O–H groups in total. The molecule has 0 aromatic carbocycles. The van der Waals surface area contributed by atoms with E-state index in [9.17, 15) is 14.4 Å². The average molecular weight is 467 g/mol. The minimum atomic E-state index is -2.74. The molecule has 0 aliphatic rings. The van der Waals surface area contributed by atoms with Gasteiger partial charge >= 0.3 is 50.6 Å². The van der Waals surface area contributed by atoms with E-state index in [4.69, 9.17) is 66.4 Å². The fraction of sp³-hybridized carbons (Fsp3) is 0.500. The summed E-state index contributed by atoms with van der Waals surface area (Å²) in [6, 6.07) is 0. The number of carbonyl (C=O) groups is 3. The summed E-state index contributed by atoms with van der Waals surface area (Å²) in [6.45, 7) is 0. The number of hydrogen-bond donors (Lipinski definition) is 4. The molecule has 0 fully saturated rings. The largest absolute Gasteiger partial charge is 3.00 e. The van der Waals surface area contributed by atoms with Crippen molar-refractivity contribution in [1.82, 2.24) is 0 Å². The third kappa shape index (κ3) is 49.7. The van der Waals surface area contributed by atoms with Gasteiger partial charge in [-0.1, -0.05) is 0 Å². The van der Waals surface area contributed by atoms with E-state index in [2.05, 4.69) is 0 Å². The summed E-state index contributed by atoms with van der Waals surface area (Å²) >= 11 is 0. The van der Waals surface area contributed by atoms with Crippen LogP contribution in [0.1, 0.15) is 12.8 Å². The summed E-state index contributed by atoms with van der Waals surface area (Å²) in [6.07, 6.45) is -2.29. The molecule has 0 saturated heterocycles. The maximum Gasteiger partial charge on any atom is 3.00 e. The predicted molar refractivity (Wildman–Crippen MR) is 68.2 cm³/mol. The van der Waals surface area contributed by atoms with Crippen molar-refractivity contribution in [2.75, 3.05) is 0 Å². The van der Waals surface area contributed by atoms with Crippen LogP contribution in [0.2, 0.25) is 0 Å². The maximum atomic E-state index is 10.3. The molecule has 0 unspecified atom stereocenters. The van der Waals surface area contributed by atoms with Crippen molar-refractivity contribution in [2.45, 2.75) is 18.4 Å². The summed E-state index contributed by atoms with van der Waals surface area (Å²) < 4.78 is 0. The molecule has 0 aliphatic carbocycles. The van der Waals surface area contributed by atoms with E-state index >= 15 is 0 Å². The van der Waals surface area contributed by atoms with Gasteiger partial charge in [0.25, 0.3) is 0 Å². The number of carboxylic acids is 3. The number of aliphatic hydroxyl groups is 1. The topological polar surface area (TPSA) is 331 Å². The molecule has 146 valence electrons. The molecule has 0 aromatic rings. The third-order valence-corrected chi connectivity index (χ3v) is 1.29. The van der Waals surface area contributed by atoms with Gasteiger partial charge in [0, 0.05) is 0 Å². The fourth-order valence-corrected chi connectivity index (χ4v) is 0.714. The van der Waals surface area contributed by atoms with Crippen molar-refractivity contribution in [3.8, 4) is 0 Å². The molecule has 0 saturated carbocycles. The number of aliphatic carboxylic acids is 3. The Bertz CT molecular complexity index is 436. The number of carboxylic acid groups (broad SMARTS) is 3. The molecule has 0 aromatic heterocycles. The Labute approximate surface area is 165 Å². The Morgan fingerprint density at radius 2 is 0.846 bits per heavy atom. The zero-order valence-corrected chi connectivity index (χ0v) is 14.9. The molecule has 0 radical (unpaired) electrons. The molecule has 0 aliphatic heterocycles. The summed E-state index contributed by atoms with van der Waals surface area (Å²) in [4.78, 5) is 55.2. The van der Waals surface area contributed by atoms with Crippen LogP contribution in [-0.4, -0.2) is 59.2 Å². The van der Waals surface area contributed by atoms with E-state index in [0.717, 1.165) is 0 Å². The van der Waals surface area contributed by atoms with Gasteiger partial charge in [0.2, 0.25) is 0 Å². The molecule has 0 atom stereocenters. The van der Waals surface area contributed by atoms with Gasteiger partial charge in [-0.2, -0.15) is 0 Å². The van der Waals surface area contributed by atoms with Gasteiger partial charge in [0.15, 0.2) is 5.60 Å². The second-order valence-corrected chi connectivity index (χ2v) is 3.15. The van der Waals surface area contributed by atoms with E-state index in [1.54, 1.807) is 0 Å². The summed E-state index contributed by atoms with van der Waals surface area (Å²) in [5.74, 6) is -5.02. The van der Waals surface area contributed by atoms with Gasteiger partial charge in [0.05, 0.1) is 28.1 Å². The van der Waals surface area contributed by atoms with Crippen LogP contribution in [0.15, 0.2) is 0 Å². The van der Waals surface area contributed by atoms with Gasteiger partial charge in [-0.15, -0.1) is 0 Å². The van der Waals surface area contributed by atoms with Gasteiger partial charge in [-0.25, -0.2) is 4.79 Å². The van der Waals surface area contributed by atoms with E-state index in [-0.39, 0.29) is 32.7 Å². The van der Waals surface area contributed by atoms with Crippen LogP contribution in [0.25, 0.3) is 0 Å². The van der Waals surface area contributed by atoms with Gasteiger partial charge in [0.1, 0.15) is 0 Å². The van der Waals surface area contributed by atoms with Gasteiger partial charge in [-0.05, 0) is 0 Å². The third-order valence-electron chi connectivity index (χ3n) is 1.29. The quantitative estimate of drug-likeness (QED) is 0.251. The van der Waals surface area contributed by atoms with Crippen molar-refractivity contribution in [3.63, 3.8) is 0 Å². The molecule has 19 nitrogen and oxygen atoms in total. The molecule has 20 heteroatoms. The van der Waals surface area contributed by atoms with E-state index in [0.29, 0.717) is 0 Å². The van der Waals surface area contributed by atoms with Crippen molar-refractivity contribution in [2.24, 2.45) is 0 Å². The zero-order valence-electron chi connectivity index (χ0n) is 12.0. The Hall–Kier alpha value is -2.93.